The van der Waals surface area contributed by atoms with Gasteiger partial charge in [-0.2, -0.15) is 0 Å². The maximum absolute atomic E-state index is 12.8. The lowest BCUT2D eigenvalue weighted by atomic mass is 10.1. The fraction of sp³-hybridized carbons (Fsp3) is 0.211. The Hall–Kier alpha value is -3.55. The van der Waals surface area contributed by atoms with Crippen LogP contribution in [0.2, 0.25) is 0 Å². The third-order valence-corrected chi connectivity index (χ3v) is 4.23. The molecule has 0 atom stereocenters. The zero-order valence-corrected chi connectivity index (χ0v) is 15.1. The van der Waals surface area contributed by atoms with Crippen molar-refractivity contribution in [3.8, 4) is 11.5 Å². The highest BCUT2D eigenvalue weighted by Gasteiger charge is 2.14. The van der Waals surface area contributed by atoms with E-state index >= 15 is 0 Å². The Bertz CT molecular complexity index is 1130. The van der Waals surface area contributed by atoms with Crippen LogP contribution in [0.4, 0.5) is 0 Å². The summed E-state index contributed by atoms with van der Waals surface area (Å²) in [5.41, 5.74) is 0.104. The minimum Gasteiger partial charge on any atom is -0.497 e. The average Bonchev–Trinajstić information content (AvgIpc) is 2.69. The fourth-order valence-electron chi connectivity index (χ4n) is 2.80. The van der Waals surface area contributed by atoms with Crippen LogP contribution in [-0.2, 0) is 11.3 Å². The van der Waals surface area contributed by atoms with Gasteiger partial charge >= 0.3 is 11.7 Å². The molecule has 2 aromatic carbocycles. The maximum atomic E-state index is 12.8. The van der Waals surface area contributed by atoms with Crippen molar-refractivity contribution in [3.63, 3.8) is 0 Å². The lowest BCUT2D eigenvalue weighted by Gasteiger charge is -2.12. The van der Waals surface area contributed by atoms with Gasteiger partial charge < -0.3 is 19.2 Å². The Morgan fingerprint density at radius 1 is 1.04 bits per heavy atom. The fourth-order valence-corrected chi connectivity index (χ4v) is 2.80. The number of nitrogens with one attached hydrogen (secondary N) is 1. The van der Waals surface area contributed by atoms with Crippen molar-refractivity contribution in [2.45, 2.75) is 6.54 Å². The lowest BCUT2D eigenvalue weighted by Crippen LogP contribution is -2.35. The van der Waals surface area contributed by atoms with E-state index in [2.05, 4.69) is 9.72 Å². The Morgan fingerprint density at radius 3 is 2.48 bits per heavy atom. The molecule has 1 aromatic heterocycles. The zero-order valence-electron chi connectivity index (χ0n) is 15.1. The van der Waals surface area contributed by atoms with Gasteiger partial charge in [-0.3, -0.25) is 9.36 Å². The lowest BCUT2D eigenvalue weighted by molar-refractivity contribution is 0.0601. The second-order valence-corrected chi connectivity index (χ2v) is 5.75. The van der Waals surface area contributed by atoms with E-state index in [1.807, 2.05) is 0 Å². The third-order valence-electron chi connectivity index (χ3n) is 4.23. The molecule has 3 aromatic rings. The molecule has 8 heteroatoms. The first-order valence-electron chi connectivity index (χ1n) is 8.04. The molecule has 0 unspecified atom stereocenters. The van der Waals surface area contributed by atoms with Gasteiger partial charge in [0.05, 0.1) is 44.3 Å². The molecule has 0 radical (unpaired) electrons. The number of carbonyl (C=O) groups is 1. The number of esters is 1. The molecule has 8 nitrogen and oxygen atoms in total. The standard InChI is InChI=1S/C19H18N2O6/c1-25-13-6-4-12(16(9-13)26-2)10-21-17(22)14-7-5-11(18(23)27-3)8-15(14)20-19(21)24/h4-9H,10H2,1-3H3,(H,20,24). The minimum absolute atomic E-state index is 0.0238. The molecule has 27 heavy (non-hydrogen) atoms. The number of hydrogen-bond acceptors (Lipinski definition) is 6. The highest BCUT2D eigenvalue weighted by atomic mass is 16.5. The van der Waals surface area contributed by atoms with Gasteiger partial charge in [0.25, 0.3) is 5.56 Å². The summed E-state index contributed by atoms with van der Waals surface area (Å²) < 4.78 is 16.2. The van der Waals surface area contributed by atoms with Crippen LogP contribution < -0.4 is 20.7 Å². The zero-order chi connectivity index (χ0) is 19.6. The number of benzene rings is 2. The Morgan fingerprint density at radius 2 is 1.81 bits per heavy atom. The van der Waals surface area contributed by atoms with Gasteiger partial charge in [0.2, 0.25) is 0 Å². The van der Waals surface area contributed by atoms with Gasteiger partial charge in [0.1, 0.15) is 11.5 Å². The number of nitrogens with zero attached hydrogens (tertiary/aromatic N) is 1. The Labute approximate surface area is 153 Å². The molecule has 3 rings (SSSR count). The number of aromatic nitrogens is 2. The number of ether oxygens (including phenoxy) is 3. The van der Waals surface area contributed by atoms with E-state index in [1.165, 1.54) is 39.5 Å². The van der Waals surface area contributed by atoms with Gasteiger partial charge in [-0.25, -0.2) is 9.59 Å². The summed E-state index contributed by atoms with van der Waals surface area (Å²) in [6.07, 6.45) is 0. The van der Waals surface area contributed by atoms with Crippen molar-refractivity contribution in [2.75, 3.05) is 21.3 Å². The molecular weight excluding hydrogens is 352 g/mol. The van der Waals surface area contributed by atoms with E-state index in [0.717, 1.165) is 4.57 Å². The largest absolute Gasteiger partial charge is 0.497 e. The minimum atomic E-state index is -0.590. The number of aromatic amines is 1. The normalized spacial score (nSPS) is 10.6. The van der Waals surface area contributed by atoms with E-state index in [9.17, 15) is 14.4 Å². The first-order chi connectivity index (χ1) is 13.0. The molecule has 0 fully saturated rings. The summed E-state index contributed by atoms with van der Waals surface area (Å²) in [5, 5.41) is 0.287. The van der Waals surface area contributed by atoms with Crippen LogP contribution in [0.25, 0.3) is 10.9 Å². The van der Waals surface area contributed by atoms with E-state index < -0.39 is 17.2 Å². The van der Waals surface area contributed by atoms with E-state index in [-0.39, 0.29) is 23.0 Å². The molecule has 1 N–H and O–H groups in total. The molecule has 0 saturated carbocycles. The van der Waals surface area contributed by atoms with Crippen LogP contribution in [0.1, 0.15) is 15.9 Å². The van der Waals surface area contributed by atoms with Crippen molar-refractivity contribution in [1.29, 1.82) is 0 Å². The third kappa shape index (κ3) is 3.41. The van der Waals surface area contributed by atoms with Gasteiger partial charge in [0.15, 0.2) is 0 Å². The van der Waals surface area contributed by atoms with E-state index in [1.54, 1.807) is 18.2 Å². The first-order valence-corrected chi connectivity index (χ1v) is 8.04. The number of carbonyl (C=O) groups excluding carboxylic acids is 1. The van der Waals surface area contributed by atoms with Crippen molar-refractivity contribution < 1.29 is 19.0 Å². The number of rotatable bonds is 5. The molecule has 0 saturated heterocycles. The first kappa shape index (κ1) is 18.2. The Kier molecular flexibility index (Phi) is 4.98. The SMILES string of the molecule is COC(=O)c1ccc2c(=O)n(Cc3ccc(OC)cc3OC)c(=O)[nH]c2c1. The summed E-state index contributed by atoms with van der Waals surface area (Å²) in [5.74, 6) is 0.553. The highest BCUT2D eigenvalue weighted by Crippen LogP contribution is 2.24. The summed E-state index contributed by atoms with van der Waals surface area (Å²) >= 11 is 0. The predicted molar refractivity (Wildman–Crippen MR) is 98.8 cm³/mol. The summed E-state index contributed by atoms with van der Waals surface area (Å²) in [6, 6.07) is 9.52. The smallest absolute Gasteiger partial charge is 0.337 e. The van der Waals surface area contributed by atoms with Crippen LogP contribution >= 0.6 is 0 Å². The van der Waals surface area contributed by atoms with Gasteiger partial charge in [-0.15, -0.1) is 0 Å². The van der Waals surface area contributed by atoms with Crippen LogP contribution in [0.5, 0.6) is 11.5 Å². The van der Waals surface area contributed by atoms with Crippen molar-refractivity contribution in [1.82, 2.24) is 9.55 Å². The highest BCUT2D eigenvalue weighted by molar-refractivity contribution is 5.93. The molecule has 0 bridgehead atoms. The molecule has 0 aliphatic carbocycles. The number of fused-ring (bicyclic) bond motifs is 1. The van der Waals surface area contributed by atoms with Crippen LogP contribution in [0.15, 0.2) is 46.0 Å². The average molecular weight is 370 g/mol. The molecule has 0 spiro atoms. The van der Waals surface area contributed by atoms with Crippen molar-refractivity contribution in [2.24, 2.45) is 0 Å². The number of H-pyrrole nitrogens is 1. The quantitative estimate of drug-likeness (QED) is 0.684. The van der Waals surface area contributed by atoms with Crippen LogP contribution in [-0.4, -0.2) is 36.8 Å². The Balaban J connectivity index is 2.09. The van der Waals surface area contributed by atoms with Gasteiger partial charge in [-0.1, -0.05) is 0 Å². The predicted octanol–water partition coefficient (Wildman–Crippen LogP) is 1.54. The summed E-state index contributed by atoms with van der Waals surface area (Å²) in [4.78, 5) is 39.5. The summed E-state index contributed by atoms with van der Waals surface area (Å²) in [6.45, 7) is 0.0238. The molecule has 1 heterocycles. The second-order valence-electron chi connectivity index (χ2n) is 5.75. The van der Waals surface area contributed by atoms with E-state index in [4.69, 9.17) is 9.47 Å². The molecule has 0 amide bonds. The number of hydrogen-bond donors (Lipinski definition) is 1. The van der Waals surface area contributed by atoms with Crippen LogP contribution in [0, 0.1) is 0 Å². The number of methoxy groups -OCH3 is 3. The molecule has 140 valence electrons. The second kappa shape index (κ2) is 7.36. The topological polar surface area (TPSA) is 99.6 Å². The summed E-state index contributed by atoms with van der Waals surface area (Å²) in [7, 11) is 4.30. The van der Waals surface area contributed by atoms with E-state index in [0.29, 0.717) is 17.1 Å². The monoisotopic (exact) mass is 370 g/mol. The maximum Gasteiger partial charge on any atom is 0.337 e. The van der Waals surface area contributed by atoms with Crippen molar-refractivity contribution in [3.05, 3.63) is 68.4 Å². The van der Waals surface area contributed by atoms with Crippen molar-refractivity contribution >= 4 is 16.9 Å². The van der Waals surface area contributed by atoms with Crippen LogP contribution in [0.3, 0.4) is 0 Å². The molecule has 0 aliphatic rings. The molecule has 0 aliphatic heterocycles. The van der Waals surface area contributed by atoms with Gasteiger partial charge in [-0.05, 0) is 30.3 Å². The van der Waals surface area contributed by atoms with Gasteiger partial charge in [0, 0.05) is 11.6 Å². The molecular formula is C19H18N2O6.